The Morgan fingerprint density at radius 3 is 2.53 bits per heavy atom. The molecule has 0 unspecified atom stereocenters. The summed E-state index contributed by atoms with van der Waals surface area (Å²) in [5, 5.41) is 0. The molecular formula is C23H21BF2N3O+. The van der Waals surface area contributed by atoms with E-state index in [1.807, 2.05) is 60.9 Å². The Kier molecular flexibility index (Phi) is 6.18. The highest BCUT2D eigenvalue weighted by molar-refractivity contribution is 6.41. The molecule has 1 aromatic carbocycles. The SMILES string of the molecule is FB(F)n1cccc1/C(=C1\C=CC=N1)c1ccc(OCCC[n+]2ccccc2)cc1. The van der Waals surface area contributed by atoms with E-state index in [-0.39, 0.29) is 0 Å². The Morgan fingerprint density at radius 2 is 1.83 bits per heavy atom. The second kappa shape index (κ2) is 9.35. The minimum Gasteiger partial charge on any atom is -0.493 e. The normalized spacial score (nSPS) is 14.2. The summed E-state index contributed by atoms with van der Waals surface area (Å²) in [5.74, 6) is 0.746. The molecule has 4 nitrogen and oxygen atoms in total. The van der Waals surface area contributed by atoms with Gasteiger partial charge in [-0.3, -0.25) is 13.6 Å². The van der Waals surface area contributed by atoms with Crippen LogP contribution in [0.15, 0.2) is 96.0 Å². The third kappa shape index (κ3) is 4.57. The molecule has 2 aromatic heterocycles. The Labute approximate surface area is 174 Å². The molecule has 7 heteroatoms. The molecule has 1 aliphatic rings. The van der Waals surface area contributed by atoms with Gasteiger partial charge in [0, 0.05) is 36.0 Å². The highest BCUT2D eigenvalue weighted by Gasteiger charge is 2.23. The lowest BCUT2D eigenvalue weighted by atomic mass is 9.99. The fourth-order valence-electron chi connectivity index (χ4n) is 3.39. The maximum atomic E-state index is 13.4. The van der Waals surface area contributed by atoms with Crippen molar-refractivity contribution in [3.05, 3.63) is 102 Å². The van der Waals surface area contributed by atoms with Crippen molar-refractivity contribution in [2.24, 2.45) is 4.99 Å². The number of benzene rings is 1. The zero-order valence-corrected chi connectivity index (χ0v) is 16.4. The minimum absolute atomic E-state index is 0.428. The van der Waals surface area contributed by atoms with Crippen molar-refractivity contribution >= 4 is 19.2 Å². The number of pyridine rings is 1. The largest absolute Gasteiger partial charge is 0.677 e. The van der Waals surface area contributed by atoms with Gasteiger partial charge in [-0.15, -0.1) is 0 Å². The van der Waals surface area contributed by atoms with Gasteiger partial charge in [-0.05, 0) is 48.2 Å². The Hall–Kier alpha value is -3.48. The predicted molar refractivity (Wildman–Crippen MR) is 115 cm³/mol. The smallest absolute Gasteiger partial charge is 0.493 e. The highest BCUT2D eigenvalue weighted by atomic mass is 19.2. The van der Waals surface area contributed by atoms with Gasteiger partial charge in [-0.2, -0.15) is 0 Å². The van der Waals surface area contributed by atoms with Gasteiger partial charge in [0.1, 0.15) is 5.75 Å². The molecule has 0 saturated heterocycles. The fraction of sp³-hybridized carbons (Fsp3) is 0.130. The number of aryl methyl sites for hydroxylation is 1. The molecule has 0 fully saturated rings. The molecule has 1 aliphatic heterocycles. The van der Waals surface area contributed by atoms with Crippen LogP contribution in [0.1, 0.15) is 17.7 Å². The van der Waals surface area contributed by atoms with Gasteiger partial charge < -0.3 is 9.21 Å². The van der Waals surface area contributed by atoms with Crippen LogP contribution in [0.4, 0.5) is 8.63 Å². The second-order valence-corrected chi connectivity index (χ2v) is 6.82. The molecule has 0 amide bonds. The average Bonchev–Trinajstić information content (AvgIpc) is 3.46. The van der Waals surface area contributed by atoms with E-state index in [9.17, 15) is 8.63 Å². The number of hydrogen-bond donors (Lipinski definition) is 0. The number of aliphatic imine (C=N–C) groups is 1. The molecule has 0 saturated carbocycles. The van der Waals surface area contributed by atoms with Gasteiger partial charge in [0.25, 0.3) is 0 Å². The first-order valence-electron chi connectivity index (χ1n) is 9.80. The monoisotopic (exact) mass is 404 g/mol. The summed E-state index contributed by atoms with van der Waals surface area (Å²) in [6.45, 7) is 1.47. The van der Waals surface area contributed by atoms with Crippen LogP contribution >= 0.6 is 0 Å². The minimum atomic E-state index is -2.62. The van der Waals surface area contributed by atoms with Gasteiger partial charge in [-0.1, -0.05) is 18.2 Å². The van der Waals surface area contributed by atoms with E-state index in [1.165, 1.54) is 6.20 Å². The maximum absolute atomic E-state index is 13.4. The first-order chi connectivity index (χ1) is 14.7. The summed E-state index contributed by atoms with van der Waals surface area (Å²) in [5.41, 5.74) is 2.56. The summed E-state index contributed by atoms with van der Waals surface area (Å²) in [7, 11) is -2.62. The molecule has 30 heavy (non-hydrogen) atoms. The number of allylic oxidation sites excluding steroid dienone is 2. The summed E-state index contributed by atoms with van der Waals surface area (Å²) in [6, 6.07) is 16.8. The van der Waals surface area contributed by atoms with Crippen LogP contribution in [0.5, 0.6) is 5.75 Å². The van der Waals surface area contributed by atoms with Crippen molar-refractivity contribution in [1.29, 1.82) is 0 Å². The molecule has 0 spiro atoms. The number of rotatable bonds is 8. The van der Waals surface area contributed by atoms with Gasteiger partial charge in [0.15, 0.2) is 18.9 Å². The molecule has 4 rings (SSSR count). The fourth-order valence-corrected chi connectivity index (χ4v) is 3.39. The van der Waals surface area contributed by atoms with Gasteiger partial charge in [0.05, 0.1) is 12.3 Å². The van der Waals surface area contributed by atoms with Crippen molar-refractivity contribution in [2.45, 2.75) is 13.0 Å². The molecule has 0 radical (unpaired) electrons. The van der Waals surface area contributed by atoms with Crippen molar-refractivity contribution in [3.8, 4) is 5.75 Å². The van der Waals surface area contributed by atoms with Crippen LogP contribution in [0.3, 0.4) is 0 Å². The number of nitrogens with zero attached hydrogens (tertiary/aromatic N) is 3. The van der Waals surface area contributed by atoms with Gasteiger partial charge in [0.2, 0.25) is 0 Å². The van der Waals surface area contributed by atoms with Crippen molar-refractivity contribution in [2.75, 3.05) is 6.61 Å². The van der Waals surface area contributed by atoms with Crippen molar-refractivity contribution in [1.82, 2.24) is 4.48 Å². The van der Waals surface area contributed by atoms with Crippen LogP contribution < -0.4 is 9.30 Å². The van der Waals surface area contributed by atoms with E-state index in [2.05, 4.69) is 9.56 Å². The summed E-state index contributed by atoms with van der Waals surface area (Å²) in [6.07, 6.45) is 11.6. The number of hydrogen-bond acceptors (Lipinski definition) is 2. The second-order valence-electron chi connectivity index (χ2n) is 6.82. The molecule has 150 valence electrons. The molecule has 0 aliphatic carbocycles. The van der Waals surface area contributed by atoms with Crippen LogP contribution in [-0.4, -0.2) is 24.7 Å². The lowest BCUT2D eigenvalue weighted by Gasteiger charge is -2.13. The summed E-state index contributed by atoms with van der Waals surface area (Å²) < 4.78 is 35.8. The lowest BCUT2D eigenvalue weighted by Crippen LogP contribution is -2.33. The molecule has 0 N–H and O–H groups in total. The predicted octanol–water partition coefficient (Wildman–Crippen LogP) is 4.42. The van der Waals surface area contributed by atoms with Gasteiger partial charge in [-0.25, -0.2) is 4.57 Å². The third-order valence-corrected chi connectivity index (χ3v) is 4.80. The first kappa shape index (κ1) is 19.8. The van der Waals surface area contributed by atoms with Crippen LogP contribution in [0, 0.1) is 0 Å². The third-order valence-electron chi connectivity index (χ3n) is 4.80. The topological polar surface area (TPSA) is 30.4 Å². The molecule has 0 bridgehead atoms. The van der Waals surface area contributed by atoms with E-state index < -0.39 is 7.40 Å². The maximum Gasteiger partial charge on any atom is 0.677 e. The van der Waals surface area contributed by atoms with E-state index in [0.717, 1.165) is 28.8 Å². The zero-order chi connectivity index (χ0) is 20.8. The van der Waals surface area contributed by atoms with E-state index in [0.29, 0.717) is 23.6 Å². The van der Waals surface area contributed by atoms with Gasteiger partial charge >= 0.3 is 7.40 Å². The first-order valence-corrected chi connectivity index (χ1v) is 9.80. The highest BCUT2D eigenvalue weighted by Crippen LogP contribution is 2.31. The van der Waals surface area contributed by atoms with Crippen molar-refractivity contribution < 1.29 is 17.9 Å². The molecule has 0 atom stereocenters. The quantitative estimate of drug-likeness (QED) is 0.311. The van der Waals surface area contributed by atoms with E-state index in [1.54, 1.807) is 24.4 Å². The van der Waals surface area contributed by atoms with E-state index in [4.69, 9.17) is 4.74 Å². The van der Waals surface area contributed by atoms with Crippen LogP contribution in [0.2, 0.25) is 0 Å². The number of aromatic nitrogens is 2. The number of halogens is 2. The zero-order valence-electron chi connectivity index (χ0n) is 16.4. The summed E-state index contributed by atoms with van der Waals surface area (Å²) in [4.78, 5) is 4.33. The van der Waals surface area contributed by atoms with Crippen molar-refractivity contribution in [3.63, 3.8) is 0 Å². The van der Waals surface area contributed by atoms with E-state index >= 15 is 0 Å². The molecular weight excluding hydrogens is 383 g/mol. The summed E-state index contributed by atoms with van der Waals surface area (Å²) >= 11 is 0. The Morgan fingerprint density at radius 1 is 1.03 bits per heavy atom. The van der Waals surface area contributed by atoms with Crippen LogP contribution in [-0.2, 0) is 6.54 Å². The molecule has 3 heterocycles. The average molecular weight is 404 g/mol. The lowest BCUT2D eigenvalue weighted by molar-refractivity contribution is -0.697. The molecule has 3 aromatic rings. The Balaban J connectivity index is 1.48. The Bertz CT molecular complexity index is 1060. The number of ether oxygens (including phenoxy) is 1. The standard InChI is InChI=1S/C23H21BF2N3O/c25-24(26)29-17-5-8-22(29)23(21-7-4-13-27-21)19-9-11-20(12-10-19)30-18-6-16-28-14-2-1-3-15-28/h1-5,7-15,17H,6,16,18H2/q+1/b23-21+. The van der Waals surface area contributed by atoms with Crippen LogP contribution in [0.25, 0.3) is 5.57 Å².